The van der Waals surface area contributed by atoms with Crippen molar-refractivity contribution >= 4 is 10.9 Å². The number of aryl methyl sites for hydroxylation is 1. The van der Waals surface area contributed by atoms with Crippen LogP contribution in [0.4, 0.5) is 0 Å². The summed E-state index contributed by atoms with van der Waals surface area (Å²) in [4.78, 5) is 6.63. The Bertz CT molecular complexity index is 962. The SMILES string of the molecule is Cc1ccc2c(c1)c1c(n2CC(O)c2ccncc2)CC2CCC1N2C. The van der Waals surface area contributed by atoms with E-state index >= 15 is 0 Å². The van der Waals surface area contributed by atoms with Gasteiger partial charge in [0.25, 0.3) is 0 Å². The fraction of sp³-hybridized carbons (Fsp3) is 0.409. The van der Waals surface area contributed by atoms with Gasteiger partial charge in [-0.25, -0.2) is 0 Å². The van der Waals surface area contributed by atoms with Crippen LogP contribution in [0.3, 0.4) is 0 Å². The Morgan fingerprint density at radius 2 is 2.00 bits per heavy atom. The van der Waals surface area contributed by atoms with Gasteiger partial charge in [0.1, 0.15) is 0 Å². The van der Waals surface area contributed by atoms with Gasteiger partial charge in [0.05, 0.1) is 12.6 Å². The predicted octanol–water partition coefficient (Wildman–Crippen LogP) is 3.77. The van der Waals surface area contributed by atoms with Crippen molar-refractivity contribution in [3.63, 3.8) is 0 Å². The summed E-state index contributed by atoms with van der Waals surface area (Å²) in [5, 5.41) is 12.2. The fourth-order valence-corrected chi connectivity index (χ4v) is 5.04. The summed E-state index contributed by atoms with van der Waals surface area (Å²) < 4.78 is 2.38. The molecule has 1 saturated heterocycles. The van der Waals surface area contributed by atoms with Crippen LogP contribution in [0.25, 0.3) is 10.9 Å². The Labute approximate surface area is 154 Å². The Morgan fingerprint density at radius 3 is 2.81 bits per heavy atom. The maximum atomic E-state index is 10.8. The molecule has 1 N–H and O–H groups in total. The molecule has 5 rings (SSSR count). The zero-order chi connectivity index (χ0) is 17.8. The van der Waals surface area contributed by atoms with Gasteiger partial charge < -0.3 is 9.67 Å². The van der Waals surface area contributed by atoms with Gasteiger partial charge in [0.2, 0.25) is 0 Å². The molecule has 4 nitrogen and oxygen atoms in total. The lowest BCUT2D eigenvalue weighted by Gasteiger charge is -2.32. The van der Waals surface area contributed by atoms with Crippen molar-refractivity contribution in [2.45, 2.75) is 50.9 Å². The van der Waals surface area contributed by atoms with E-state index in [0.29, 0.717) is 18.6 Å². The third-order valence-corrected chi connectivity index (χ3v) is 6.42. The lowest BCUT2D eigenvalue weighted by Crippen LogP contribution is -2.34. The highest BCUT2D eigenvalue weighted by molar-refractivity contribution is 5.87. The molecule has 0 amide bonds. The third kappa shape index (κ3) is 2.32. The molecular weight excluding hydrogens is 322 g/mol. The number of fused-ring (bicyclic) bond motifs is 6. The van der Waals surface area contributed by atoms with Gasteiger partial charge >= 0.3 is 0 Å². The van der Waals surface area contributed by atoms with Crippen LogP contribution in [0.2, 0.25) is 0 Å². The van der Waals surface area contributed by atoms with Crippen LogP contribution in [0.15, 0.2) is 42.7 Å². The summed E-state index contributed by atoms with van der Waals surface area (Å²) in [6, 6.07) is 11.7. The molecule has 1 fully saturated rings. The summed E-state index contributed by atoms with van der Waals surface area (Å²) in [5.74, 6) is 0. The van der Waals surface area contributed by atoms with Crippen LogP contribution < -0.4 is 0 Å². The predicted molar refractivity (Wildman–Crippen MR) is 103 cm³/mol. The minimum Gasteiger partial charge on any atom is -0.387 e. The molecule has 0 saturated carbocycles. The molecule has 26 heavy (non-hydrogen) atoms. The molecule has 3 unspecified atom stereocenters. The second-order valence-electron chi connectivity index (χ2n) is 7.90. The van der Waals surface area contributed by atoms with Crippen LogP contribution in [0.5, 0.6) is 0 Å². The van der Waals surface area contributed by atoms with E-state index in [0.717, 1.165) is 12.0 Å². The van der Waals surface area contributed by atoms with Crippen LogP contribution >= 0.6 is 0 Å². The molecule has 134 valence electrons. The Balaban J connectivity index is 1.65. The molecule has 2 aliphatic heterocycles. The Hall–Kier alpha value is -2.17. The normalized spacial score (nSPS) is 23.3. The van der Waals surface area contributed by atoms with E-state index in [2.05, 4.69) is 46.6 Å². The highest BCUT2D eigenvalue weighted by Crippen LogP contribution is 2.47. The first-order chi connectivity index (χ1) is 12.6. The third-order valence-electron chi connectivity index (χ3n) is 6.42. The maximum absolute atomic E-state index is 10.8. The zero-order valence-corrected chi connectivity index (χ0v) is 15.4. The molecule has 4 heterocycles. The topological polar surface area (TPSA) is 41.3 Å². The van der Waals surface area contributed by atoms with Crippen LogP contribution in [0, 0.1) is 6.92 Å². The monoisotopic (exact) mass is 347 g/mol. The number of pyridine rings is 1. The number of hydrogen-bond donors (Lipinski definition) is 1. The second kappa shape index (κ2) is 5.93. The first-order valence-corrected chi connectivity index (χ1v) is 9.55. The quantitative estimate of drug-likeness (QED) is 0.784. The van der Waals surface area contributed by atoms with E-state index in [1.54, 1.807) is 12.4 Å². The summed E-state index contributed by atoms with van der Waals surface area (Å²) in [7, 11) is 2.27. The van der Waals surface area contributed by atoms with Gasteiger partial charge in [-0.1, -0.05) is 11.6 Å². The number of benzene rings is 1. The van der Waals surface area contributed by atoms with E-state index in [4.69, 9.17) is 0 Å². The van der Waals surface area contributed by atoms with Crippen molar-refractivity contribution in [1.82, 2.24) is 14.5 Å². The van der Waals surface area contributed by atoms with Gasteiger partial charge in [0.15, 0.2) is 0 Å². The average Bonchev–Trinajstić information content (AvgIpc) is 3.06. The molecule has 2 aromatic heterocycles. The molecule has 3 atom stereocenters. The van der Waals surface area contributed by atoms with Crippen molar-refractivity contribution in [3.05, 3.63) is 65.1 Å². The summed E-state index contributed by atoms with van der Waals surface area (Å²) in [6.07, 6.45) is 6.58. The molecule has 0 radical (unpaired) electrons. The smallest absolute Gasteiger partial charge is 0.0970 e. The standard InChI is InChI=1S/C22H25N3O/c1-14-3-5-18-17(11-14)22-19-6-4-16(24(19)2)12-20(22)25(18)13-21(26)15-7-9-23-10-8-15/h3,5,7-11,16,19,21,26H,4,6,12-13H2,1-2H3. The fourth-order valence-electron chi connectivity index (χ4n) is 5.04. The minimum atomic E-state index is -0.517. The van der Waals surface area contributed by atoms with E-state index in [9.17, 15) is 5.11 Å². The molecule has 2 aliphatic rings. The zero-order valence-electron chi connectivity index (χ0n) is 15.4. The number of aliphatic hydroxyl groups is 1. The summed E-state index contributed by atoms with van der Waals surface area (Å²) >= 11 is 0. The number of hydrogen-bond acceptors (Lipinski definition) is 3. The number of likely N-dealkylation sites (N-methyl/N-ethyl adjacent to an activating group) is 1. The van der Waals surface area contributed by atoms with Crippen molar-refractivity contribution in [2.24, 2.45) is 0 Å². The molecular formula is C22H25N3O. The molecule has 0 spiro atoms. The second-order valence-corrected chi connectivity index (χ2v) is 7.90. The van der Waals surface area contributed by atoms with Crippen LogP contribution in [0.1, 0.15) is 47.4 Å². The largest absolute Gasteiger partial charge is 0.387 e. The van der Waals surface area contributed by atoms with E-state index in [1.165, 1.54) is 40.6 Å². The molecule has 0 aliphatic carbocycles. The number of aliphatic hydroxyl groups excluding tert-OH is 1. The molecule has 2 bridgehead atoms. The lowest BCUT2D eigenvalue weighted by molar-refractivity contribution is 0.154. The van der Waals surface area contributed by atoms with E-state index < -0.39 is 6.10 Å². The van der Waals surface area contributed by atoms with Gasteiger partial charge in [-0.2, -0.15) is 0 Å². The summed E-state index contributed by atoms with van der Waals surface area (Å²) in [6.45, 7) is 2.76. The highest BCUT2D eigenvalue weighted by atomic mass is 16.3. The molecule has 3 aromatic rings. The first kappa shape index (κ1) is 16.0. The first-order valence-electron chi connectivity index (χ1n) is 9.55. The maximum Gasteiger partial charge on any atom is 0.0970 e. The number of nitrogens with zero attached hydrogens (tertiary/aromatic N) is 3. The van der Waals surface area contributed by atoms with Crippen LogP contribution in [-0.2, 0) is 13.0 Å². The van der Waals surface area contributed by atoms with E-state index in [-0.39, 0.29) is 0 Å². The number of aromatic nitrogens is 2. The van der Waals surface area contributed by atoms with Gasteiger partial charge in [-0.05, 0) is 62.2 Å². The minimum absolute atomic E-state index is 0.517. The molecule has 4 heteroatoms. The van der Waals surface area contributed by atoms with Crippen LogP contribution in [-0.4, -0.2) is 32.6 Å². The van der Waals surface area contributed by atoms with Crippen molar-refractivity contribution in [3.8, 4) is 0 Å². The average molecular weight is 347 g/mol. The van der Waals surface area contributed by atoms with Crippen molar-refractivity contribution < 1.29 is 5.11 Å². The Kier molecular flexibility index (Phi) is 3.66. The molecule has 1 aromatic carbocycles. The van der Waals surface area contributed by atoms with Crippen molar-refractivity contribution in [1.29, 1.82) is 0 Å². The van der Waals surface area contributed by atoms with Gasteiger partial charge in [0, 0.05) is 47.5 Å². The number of rotatable bonds is 3. The summed E-state index contributed by atoms with van der Waals surface area (Å²) in [5.41, 5.74) is 6.43. The van der Waals surface area contributed by atoms with Gasteiger partial charge in [-0.15, -0.1) is 0 Å². The lowest BCUT2D eigenvalue weighted by atomic mass is 9.97. The highest BCUT2D eigenvalue weighted by Gasteiger charge is 2.40. The van der Waals surface area contributed by atoms with E-state index in [1.807, 2.05) is 12.1 Å². The van der Waals surface area contributed by atoms with Gasteiger partial charge in [-0.3, -0.25) is 9.88 Å². The Morgan fingerprint density at radius 1 is 1.19 bits per heavy atom. The van der Waals surface area contributed by atoms with Crippen molar-refractivity contribution in [2.75, 3.05) is 7.05 Å².